The molecule has 0 radical (unpaired) electrons. The minimum Gasteiger partial charge on any atom is -0.465 e. The van der Waals surface area contributed by atoms with Gasteiger partial charge in [-0.25, -0.2) is 14.8 Å². The van der Waals surface area contributed by atoms with Crippen LogP contribution in [0.2, 0.25) is 0 Å². The topological polar surface area (TPSA) is 72.3 Å². The number of pyridine rings is 1. The van der Waals surface area contributed by atoms with Gasteiger partial charge in [0.1, 0.15) is 11.6 Å². The van der Waals surface area contributed by atoms with Crippen molar-refractivity contribution < 1.29 is 27.4 Å². The van der Waals surface area contributed by atoms with Crippen LogP contribution in [-0.2, 0) is 11.3 Å². The van der Waals surface area contributed by atoms with Crippen LogP contribution in [0.25, 0.3) is 0 Å². The molecular weight excluding hydrogens is 397 g/mol. The summed E-state index contributed by atoms with van der Waals surface area (Å²) in [4.78, 5) is 20.7. The lowest BCUT2D eigenvalue weighted by Gasteiger charge is -2.25. The van der Waals surface area contributed by atoms with Crippen molar-refractivity contribution in [3.05, 3.63) is 83.9 Å². The zero-order chi connectivity index (χ0) is 21.4. The largest absolute Gasteiger partial charge is 0.465 e. The lowest BCUT2D eigenvalue weighted by molar-refractivity contribution is -0.566. The summed E-state index contributed by atoms with van der Waals surface area (Å²) in [5.41, 5.74) is -2.17. The summed E-state index contributed by atoms with van der Waals surface area (Å²) in [5.74, 6) is -0.862. The maximum atomic E-state index is 14.4. The number of carbonyl (C=O) groups excluding carboxylic acids is 1. The maximum absolute atomic E-state index is 14.4. The average Bonchev–Trinajstić information content (AvgIpc) is 3.33. The number of aryl methyl sites for hydroxylation is 1. The highest BCUT2D eigenvalue weighted by atomic mass is 19.4. The molecule has 0 spiro atoms. The van der Waals surface area contributed by atoms with E-state index >= 15 is 0 Å². The molecule has 30 heavy (non-hydrogen) atoms. The number of furan rings is 1. The third-order valence-electron chi connectivity index (χ3n) is 4.82. The SMILES string of the molecule is Cc1cccnc1N[C@@]1(C(F)(F)F)[NH+]=C(c2ccccc2)N(Cc2ccco2)C1=O. The Hall–Kier alpha value is -3.62. The lowest BCUT2D eigenvalue weighted by atomic mass is 10.1. The number of aromatic nitrogens is 1. The Morgan fingerprint density at radius 3 is 2.53 bits per heavy atom. The second kappa shape index (κ2) is 7.33. The number of amidine groups is 1. The van der Waals surface area contributed by atoms with E-state index in [9.17, 15) is 18.0 Å². The van der Waals surface area contributed by atoms with E-state index < -0.39 is 17.7 Å². The van der Waals surface area contributed by atoms with E-state index in [0.29, 0.717) is 16.9 Å². The van der Waals surface area contributed by atoms with E-state index in [4.69, 9.17) is 4.42 Å². The standard InChI is InChI=1S/C21H17F3N4O2/c1-14-7-5-11-25-17(14)26-20(21(22,23)24)19(29)28(13-16-10-6-12-30-16)18(27-20)15-8-3-2-4-9-15/h2-12H,13H2,1H3,(H,25,26)/p+1/t20-/m1/s1. The summed E-state index contributed by atoms with van der Waals surface area (Å²) < 4.78 is 48.4. The molecule has 154 valence electrons. The Morgan fingerprint density at radius 1 is 1.13 bits per heavy atom. The van der Waals surface area contributed by atoms with Gasteiger partial charge in [-0.3, -0.25) is 0 Å². The number of rotatable bonds is 5. The van der Waals surface area contributed by atoms with Crippen LogP contribution in [0.4, 0.5) is 19.0 Å². The first-order valence-electron chi connectivity index (χ1n) is 9.13. The monoisotopic (exact) mass is 415 g/mol. The molecule has 3 aromatic rings. The molecule has 0 saturated carbocycles. The Kier molecular flexibility index (Phi) is 4.81. The summed E-state index contributed by atoms with van der Waals surface area (Å²) in [6.07, 6.45) is -2.20. The Bertz CT molecular complexity index is 1080. The number of hydrogen-bond donors (Lipinski definition) is 2. The molecular formula is C21H18F3N4O2+. The number of nitrogens with one attached hydrogen (secondary N) is 2. The number of benzene rings is 1. The van der Waals surface area contributed by atoms with Gasteiger partial charge in [-0.15, -0.1) is 0 Å². The second-order valence-electron chi connectivity index (χ2n) is 6.85. The summed E-state index contributed by atoms with van der Waals surface area (Å²) in [6, 6.07) is 14.8. The zero-order valence-corrected chi connectivity index (χ0v) is 15.9. The van der Waals surface area contributed by atoms with Crippen LogP contribution >= 0.6 is 0 Å². The third kappa shape index (κ3) is 3.32. The van der Waals surface area contributed by atoms with Crippen LogP contribution in [0.3, 0.4) is 0 Å². The highest BCUT2D eigenvalue weighted by molar-refractivity contribution is 6.11. The van der Waals surface area contributed by atoms with Crippen molar-refractivity contribution in [1.82, 2.24) is 9.88 Å². The summed E-state index contributed by atoms with van der Waals surface area (Å²) >= 11 is 0. The van der Waals surface area contributed by atoms with Crippen LogP contribution in [0.1, 0.15) is 16.9 Å². The molecule has 1 atom stereocenters. The highest BCUT2D eigenvalue weighted by Gasteiger charge is 2.72. The predicted molar refractivity (Wildman–Crippen MR) is 102 cm³/mol. The van der Waals surface area contributed by atoms with Gasteiger partial charge < -0.3 is 9.73 Å². The highest BCUT2D eigenvalue weighted by Crippen LogP contribution is 2.33. The van der Waals surface area contributed by atoms with E-state index in [0.717, 1.165) is 4.90 Å². The molecule has 6 nitrogen and oxygen atoms in total. The van der Waals surface area contributed by atoms with Gasteiger partial charge in [-0.2, -0.15) is 18.1 Å². The van der Waals surface area contributed by atoms with Gasteiger partial charge in [0.2, 0.25) is 0 Å². The minimum atomic E-state index is -4.97. The molecule has 9 heteroatoms. The molecule has 2 aromatic heterocycles. The van der Waals surface area contributed by atoms with E-state index in [1.54, 1.807) is 61.5 Å². The van der Waals surface area contributed by atoms with E-state index in [1.807, 2.05) is 0 Å². The van der Waals surface area contributed by atoms with Crippen LogP contribution in [0, 0.1) is 6.92 Å². The van der Waals surface area contributed by atoms with Gasteiger partial charge in [0.15, 0.2) is 6.54 Å². The Labute approximate surface area is 170 Å². The summed E-state index contributed by atoms with van der Waals surface area (Å²) in [7, 11) is 0. The van der Waals surface area contributed by atoms with E-state index in [2.05, 4.69) is 15.3 Å². The summed E-state index contributed by atoms with van der Waals surface area (Å²) in [5, 5.41) is 2.33. The van der Waals surface area contributed by atoms with Gasteiger partial charge in [-0.1, -0.05) is 24.3 Å². The quantitative estimate of drug-likeness (QED) is 0.671. The molecule has 0 unspecified atom stereocenters. The van der Waals surface area contributed by atoms with Gasteiger partial charge in [0.05, 0.1) is 11.8 Å². The fourth-order valence-electron chi connectivity index (χ4n) is 3.28. The van der Waals surface area contributed by atoms with Crippen LogP contribution < -0.4 is 10.3 Å². The van der Waals surface area contributed by atoms with Crippen molar-refractivity contribution in [3.63, 3.8) is 0 Å². The van der Waals surface area contributed by atoms with E-state index in [-0.39, 0.29) is 18.2 Å². The Balaban J connectivity index is 1.85. The number of carbonyl (C=O) groups is 1. The number of anilines is 1. The van der Waals surface area contributed by atoms with Crippen molar-refractivity contribution in [1.29, 1.82) is 0 Å². The number of hydrogen-bond acceptors (Lipinski definition) is 4. The van der Waals surface area contributed by atoms with Crippen molar-refractivity contribution in [2.75, 3.05) is 5.32 Å². The molecule has 1 amide bonds. The molecule has 0 bridgehead atoms. The van der Waals surface area contributed by atoms with Crippen molar-refractivity contribution in [3.8, 4) is 0 Å². The van der Waals surface area contributed by atoms with Gasteiger partial charge in [-0.05, 0) is 42.8 Å². The molecule has 1 aromatic carbocycles. The maximum Gasteiger partial charge on any atom is 0.465 e. The molecule has 2 N–H and O–H groups in total. The first kappa shape index (κ1) is 19.7. The van der Waals surface area contributed by atoms with Crippen LogP contribution in [-0.4, -0.2) is 33.5 Å². The van der Waals surface area contributed by atoms with Gasteiger partial charge in [0, 0.05) is 6.20 Å². The summed E-state index contributed by atoms with van der Waals surface area (Å²) in [6.45, 7) is 1.45. The van der Waals surface area contributed by atoms with Gasteiger partial charge in [0.25, 0.3) is 5.84 Å². The van der Waals surface area contributed by atoms with Crippen molar-refractivity contribution >= 4 is 17.6 Å². The van der Waals surface area contributed by atoms with Crippen molar-refractivity contribution in [2.45, 2.75) is 25.3 Å². The first-order chi connectivity index (χ1) is 14.3. The number of alkyl halides is 3. The Morgan fingerprint density at radius 2 is 1.90 bits per heavy atom. The fourth-order valence-corrected chi connectivity index (χ4v) is 3.28. The number of amides is 1. The molecule has 3 heterocycles. The molecule has 0 saturated heterocycles. The lowest BCUT2D eigenvalue weighted by Crippen LogP contribution is -2.94. The smallest absolute Gasteiger partial charge is 0.465 e. The molecule has 0 aliphatic carbocycles. The number of halogens is 3. The van der Waals surface area contributed by atoms with Crippen LogP contribution in [0.5, 0.6) is 0 Å². The molecule has 1 aliphatic heterocycles. The molecule has 4 rings (SSSR count). The van der Waals surface area contributed by atoms with Crippen molar-refractivity contribution in [2.24, 2.45) is 0 Å². The van der Waals surface area contributed by atoms with E-state index in [1.165, 1.54) is 12.5 Å². The predicted octanol–water partition coefficient (Wildman–Crippen LogP) is 2.22. The number of nitrogens with zero attached hydrogens (tertiary/aromatic N) is 2. The molecule has 0 fully saturated rings. The van der Waals surface area contributed by atoms with Crippen LogP contribution in [0.15, 0.2) is 71.5 Å². The fraction of sp³-hybridized carbons (Fsp3) is 0.190. The normalized spacial score (nSPS) is 19.1. The average molecular weight is 415 g/mol. The first-order valence-corrected chi connectivity index (χ1v) is 9.13. The second-order valence-corrected chi connectivity index (χ2v) is 6.85. The minimum absolute atomic E-state index is 0.0235. The molecule has 1 aliphatic rings. The third-order valence-corrected chi connectivity index (χ3v) is 4.82. The zero-order valence-electron chi connectivity index (χ0n) is 15.9. The van der Waals surface area contributed by atoms with Gasteiger partial charge >= 0.3 is 17.7 Å².